The molecule has 0 saturated heterocycles. The van der Waals surface area contributed by atoms with Crippen LogP contribution < -0.4 is 0 Å². The number of carbonyl (C=O) groups excluding carboxylic acids is 2. The standard InChI is InChI=1S/C13H23NO3S/c1-9(2)7-14(11-5-6-11)12(15)8-18-10(3)13(16)17-4/h9-11H,5-8H2,1-4H3. The molecule has 0 heterocycles. The number of hydrogen-bond donors (Lipinski definition) is 0. The van der Waals surface area contributed by atoms with E-state index in [1.54, 1.807) is 6.92 Å². The third kappa shape index (κ3) is 4.88. The first kappa shape index (κ1) is 15.3. The topological polar surface area (TPSA) is 46.6 Å². The third-order valence-electron chi connectivity index (χ3n) is 2.86. The van der Waals surface area contributed by atoms with E-state index in [9.17, 15) is 9.59 Å². The SMILES string of the molecule is COC(=O)C(C)SCC(=O)N(CC(C)C)C1CC1. The van der Waals surface area contributed by atoms with Crippen molar-refractivity contribution in [3.8, 4) is 0 Å². The van der Waals surface area contributed by atoms with Crippen LogP contribution in [0.3, 0.4) is 0 Å². The van der Waals surface area contributed by atoms with Gasteiger partial charge in [0.1, 0.15) is 5.25 Å². The van der Waals surface area contributed by atoms with Crippen molar-refractivity contribution in [2.24, 2.45) is 5.92 Å². The average Bonchev–Trinajstić information content (AvgIpc) is 3.15. The monoisotopic (exact) mass is 273 g/mol. The Labute approximate surface area is 113 Å². The minimum Gasteiger partial charge on any atom is -0.468 e. The van der Waals surface area contributed by atoms with Gasteiger partial charge in [0.2, 0.25) is 5.91 Å². The molecule has 0 spiro atoms. The Morgan fingerprint density at radius 2 is 1.94 bits per heavy atom. The number of thioether (sulfide) groups is 1. The summed E-state index contributed by atoms with van der Waals surface area (Å²) < 4.78 is 4.64. The number of rotatable bonds is 7. The Morgan fingerprint density at radius 3 is 2.39 bits per heavy atom. The maximum Gasteiger partial charge on any atom is 0.318 e. The summed E-state index contributed by atoms with van der Waals surface area (Å²) in [7, 11) is 1.37. The summed E-state index contributed by atoms with van der Waals surface area (Å²) in [4.78, 5) is 25.4. The van der Waals surface area contributed by atoms with Crippen molar-refractivity contribution in [2.75, 3.05) is 19.4 Å². The molecule has 5 heteroatoms. The predicted molar refractivity (Wildman–Crippen MR) is 73.5 cm³/mol. The Hall–Kier alpha value is -0.710. The van der Waals surface area contributed by atoms with Crippen LogP contribution in [0.15, 0.2) is 0 Å². The Balaban J connectivity index is 2.39. The summed E-state index contributed by atoms with van der Waals surface area (Å²) in [6.07, 6.45) is 2.24. The maximum atomic E-state index is 12.1. The Bertz CT molecular complexity index is 303. The summed E-state index contributed by atoms with van der Waals surface area (Å²) in [5.74, 6) is 0.721. The number of nitrogens with zero attached hydrogens (tertiary/aromatic N) is 1. The van der Waals surface area contributed by atoms with Gasteiger partial charge in [0.15, 0.2) is 0 Å². The molecular weight excluding hydrogens is 250 g/mol. The van der Waals surface area contributed by atoms with Crippen molar-refractivity contribution < 1.29 is 14.3 Å². The number of amides is 1. The molecule has 0 N–H and O–H groups in total. The van der Waals surface area contributed by atoms with E-state index < -0.39 is 0 Å². The highest BCUT2D eigenvalue weighted by Crippen LogP contribution is 2.28. The van der Waals surface area contributed by atoms with Gasteiger partial charge in [0.05, 0.1) is 12.9 Å². The first-order valence-electron chi connectivity index (χ1n) is 6.44. The average molecular weight is 273 g/mol. The molecule has 0 aliphatic heterocycles. The van der Waals surface area contributed by atoms with Crippen molar-refractivity contribution in [2.45, 2.75) is 44.9 Å². The van der Waals surface area contributed by atoms with Crippen LogP contribution in [0, 0.1) is 5.92 Å². The van der Waals surface area contributed by atoms with Crippen LogP contribution in [0.5, 0.6) is 0 Å². The van der Waals surface area contributed by atoms with Crippen molar-refractivity contribution >= 4 is 23.6 Å². The van der Waals surface area contributed by atoms with Gasteiger partial charge in [-0.25, -0.2) is 0 Å². The summed E-state index contributed by atoms with van der Waals surface area (Å²) in [6.45, 7) is 6.82. The number of esters is 1. The molecule has 0 aromatic heterocycles. The largest absolute Gasteiger partial charge is 0.468 e. The lowest BCUT2D eigenvalue weighted by molar-refractivity contribution is -0.139. The summed E-state index contributed by atoms with van der Waals surface area (Å²) in [5, 5.41) is -0.279. The van der Waals surface area contributed by atoms with Crippen LogP contribution in [0.4, 0.5) is 0 Å². The maximum absolute atomic E-state index is 12.1. The highest BCUT2D eigenvalue weighted by atomic mass is 32.2. The van der Waals surface area contributed by atoms with Gasteiger partial charge in [-0.3, -0.25) is 9.59 Å². The van der Waals surface area contributed by atoms with Gasteiger partial charge in [0, 0.05) is 12.6 Å². The fraction of sp³-hybridized carbons (Fsp3) is 0.846. The lowest BCUT2D eigenvalue weighted by Gasteiger charge is -2.24. The van der Waals surface area contributed by atoms with Crippen LogP contribution in [-0.4, -0.2) is 47.5 Å². The van der Waals surface area contributed by atoms with Crippen molar-refractivity contribution in [1.82, 2.24) is 4.90 Å². The summed E-state index contributed by atoms with van der Waals surface area (Å²) >= 11 is 1.35. The molecule has 0 aromatic carbocycles. The quantitative estimate of drug-likeness (QED) is 0.665. The van der Waals surface area contributed by atoms with Crippen molar-refractivity contribution in [3.63, 3.8) is 0 Å². The number of ether oxygens (including phenoxy) is 1. The van der Waals surface area contributed by atoms with Gasteiger partial charge >= 0.3 is 5.97 Å². The molecule has 1 fully saturated rings. The molecule has 104 valence electrons. The molecule has 1 unspecified atom stereocenters. The van der Waals surface area contributed by atoms with E-state index in [0.717, 1.165) is 19.4 Å². The molecule has 1 atom stereocenters. The molecule has 0 bridgehead atoms. The smallest absolute Gasteiger partial charge is 0.318 e. The fourth-order valence-corrected chi connectivity index (χ4v) is 2.54. The first-order chi connectivity index (χ1) is 8.45. The second-order valence-electron chi connectivity index (χ2n) is 5.15. The molecule has 1 saturated carbocycles. The van der Waals surface area contributed by atoms with E-state index in [0.29, 0.717) is 17.7 Å². The minimum absolute atomic E-state index is 0.145. The van der Waals surface area contributed by atoms with E-state index in [-0.39, 0.29) is 17.1 Å². The third-order valence-corrected chi connectivity index (χ3v) is 3.97. The van der Waals surface area contributed by atoms with Crippen LogP contribution in [0.1, 0.15) is 33.6 Å². The van der Waals surface area contributed by atoms with Gasteiger partial charge in [-0.15, -0.1) is 11.8 Å². The summed E-state index contributed by atoms with van der Waals surface area (Å²) in [5.41, 5.74) is 0. The molecule has 18 heavy (non-hydrogen) atoms. The molecule has 1 aliphatic rings. The first-order valence-corrected chi connectivity index (χ1v) is 7.49. The normalized spacial score (nSPS) is 16.5. The molecule has 1 rings (SSSR count). The molecule has 4 nitrogen and oxygen atoms in total. The molecule has 0 radical (unpaired) electrons. The fourth-order valence-electron chi connectivity index (χ4n) is 1.75. The zero-order valence-electron chi connectivity index (χ0n) is 11.6. The number of hydrogen-bond acceptors (Lipinski definition) is 4. The predicted octanol–water partition coefficient (Wildman–Crippen LogP) is 1.93. The second kappa shape index (κ2) is 7.02. The van der Waals surface area contributed by atoms with Gasteiger partial charge in [0.25, 0.3) is 0 Å². The van der Waals surface area contributed by atoms with Crippen LogP contribution in [0.2, 0.25) is 0 Å². The minimum atomic E-state index is -0.279. The Morgan fingerprint density at radius 1 is 1.33 bits per heavy atom. The van der Waals surface area contributed by atoms with E-state index in [1.165, 1.54) is 18.9 Å². The molecule has 1 aliphatic carbocycles. The van der Waals surface area contributed by atoms with Crippen LogP contribution >= 0.6 is 11.8 Å². The van der Waals surface area contributed by atoms with Gasteiger partial charge < -0.3 is 9.64 Å². The lowest BCUT2D eigenvalue weighted by Crippen LogP contribution is -2.37. The lowest BCUT2D eigenvalue weighted by atomic mass is 10.2. The van der Waals surface area contributed by atoms with Crippen LogP contribution in [0.25, 0.3) is 0 Å². The van der Waals surface area contributed by atoms with Gasteiger partial charge in [-0.05, 0) is 25.7 Å². The highest BCUT2D eigenvalue weighted by Gasteiger charge is 2.32. The van der Waals surface area contributed by atoms with E-state index in [1.807, 2.05) is 4.90 Å². The second-order valence-corrected chi connectivity index (χ2v) is 6.48. The number of methoxy groups -OCH3 is 1. The molecular formula is C13H23NO3S. The van der Waals surface area contributed by atoms with E-state index in [4.69, 9.17) is 0 Å². The molecule has 1 amide bonds. The van der Waals surface area contributed by atoms with Gasteiger partial charge in [-0.1, -0.05) is 13.8 Å². The zero-order valence-corrected chi connectivity index (χ0v) is 12.5. The van der Waals surface area contributed by atoms with Crippen molar-refractivity contribution in [3.05, 3.63) is 0 Å². The van der Waals surface area contributed by atoms with Crippen molar-refractivity contribution in [1.29, 1.82) is 0 Å². The zero-order chi connectivity index (χ0) is 13.7. The number of carbonyl (C=O) groups is 2. The highest BCUT2D eigenvalue weighted by molar-refractivity contribution is 8.01. The van der Waals surface area contributed by atoms with E-state index >= 15 is 0 Å². The van der Waals surface area contributed by atoms with Crippen LogP contribution in [-0.2, 0) is 14.3 Å². The Kier molecular flexibility index (Phi) is 5.99. The molecule has 0 aromatic rings. The van der Waals surface area contributed by atoms with E-state index in [2.05, 4.69) is 18.6 Å². The summed E-state index contributed by atoms with van der Waals surface area (Å²) in [6, 6.07) is 0.439. The van der Waals surface area contributed by atoms with Gasteiger partial charge in [-0.2, -0.15) is 0 Å².